The zero-order chi connectivity index (χ0) is 23.5. The SMILES string of the molecule is CCOCCOc1ccc(C(=O)Nc2ccccc2C(=O)Nc2ccc(OCC)cc2)cc1. The summed E-state index contributed by atoms with van der Waals surface area (Å²) in [6, 6.07) is 20.8. The van der Waals surface area contributed by atoms with Gasteiger partial charge in [0.05, 0.1) is 24.5 Å². The van der Waals surface area contributed by atoms with Gasteiger partial charge in [-0.15, -0.1) is 0 Å². The Bertz CT molecular complexity index is 1050. The maximum absolute atomic E-state index is 12.8. The van der Waals surface area contributed by atoms with Gasteiger partial charge in [-0.25, -0.2) is 0 Å². The summed E-state index contributed by atoms with van der Waals surface area (Å²) in [6.07, 6.45) is 0. The van der Waals surface area contributed by atoms with Crippen molar-refractivity contribution in [2.75, 3.05) is 37.1 Å². The predicted octanol–water partition coefficient (Wildman–Crippen LogP) is 5.01. The molecule has 33 heavy (non-hydrogen) atoms. The first-order valence-corrected chi connectivity index (χ1v) is 10.9. The maximum atomic E-state index is 12.8. The Labute approximate surface area is 193 Å². The molecule has 2 N–H and O–H groups in total. The van der Waals surface area contributed by atoms with Gasteiger partial charge in [-0.05, 0) is 74.5 Å². The number of hydrogen-bond acceptors (Lipinski definition) is 5. The summed E-state index contributed by atoms with van der Waals surface area (Å²) in [5.41, 5.74) is 1.86. The van der Waals surface area contributed by atoms with Gasteiger partial charge < -0.3 is 24.8 Å². The van der Waals surface area contributed by atoms with E-state index in [1.54, 1.807) is 72.8 Å². The Morgan fingerprint density at radius 1 is 0.697 bits per heavy atom. The molecule has 0 aromatic heterocycles. The number of hydrogen-bond donors (Lipinski definition) is 2. The lowest BCUT2D eigenvalue weighted by Crippen LogP contribution is -2.18. The molecular weight excluding hydrogens is 420 g/mol. The molecule has 7 heteroatoms. The molecule has 0 spiro atoms. The number of nitrogens with one attached hydrogen (secondary N) is 2. The number of amides is 2. The molecule has 172 valence electrons. The molecule has 3 aromatic carbocycles. The zero-order valence-corrected chi connectivity index (χ0v) is 18.8. The highest BCUT2D eigenvalue weighted by atomic mass is 16.5. The smallest absolute Gasteiger partial charge is 0.257 e. The van der Waals surface area contributed by atoms with Gasteiger partial charge in [0.2, 0.25) is 0 Å². The van der Waals surface area contributed by atoms with Gasteiger partial charge in [0, 0.05) is 17.9 Å². The molecule has 3 rings (SSSR count). The number of carbonyl (C=O) groups is 2. The quantitative estimate of drug-likeness (QED) is 0.403. The number of rotatable bonds is 11. The van der Waals surface area contributed by atoms with Crippen LogP contribution in [0.15, 0.2) is 72.8 Å². The summed E-state index contributed by atoms with van der Waals surface area (Å²) in [4.78, 5) is 25.6. The number of carbonyl (C=O) groups excluding carboxylic acids is 2. The van der Waals surface area contributed by atoms with Gasteiger partial charge in [0.15, 0.2) is 0 Å². The predicted molar refractivity (Wildman–Crippen MR) is 128 cm³/mol. The second-order valence-corrected chi connectivity index (χ2v) is 6.98. The van der Waals surface area contributed by atoms with E-state index in [2.05, 4.69) is 10.6 Å². The lowest BCUT2D eigenvalue weighted by atomic mass is 10.1. The molecule has 0 fully saturated rings. The van der Waals surface area contributed by atoms with E-state index in [1.165, 1.54) is 0 Å². The van der Waals surface area contributed by atoms with Gasteiger partial charge in [-0.2, -0.15) is 0 Å². The first-order chi connectivity index (χ1) is 16.1. The first kappa shape index (κ1) is 23.8. The number of anilines is 2. The van der Waals surface area contributed by atoms with Crippen molar-refractivity contribution in [2.45, 2.75) is 13.8 Å². The molecule has 7 nitrogen and oxygen atoms in total. The first-order valence-electron chi connectivity index (χ1n) is 10.9. The molecule has 0 aliphatic heterocycles. The molecule has 0 unspecified atom stereocenters. The molecule has 0 saturated carbocycles. The van der Waals surface area contributed by atoms with Gasteiger partial charge in [0.25, 0.3) is 11.8 Å². The van der Waals surface area contributed by atoms with Crippen LogP contribution in [0.3, 0.4) is 0 Å². The van der Waals surface area contributed by atoms with Crippen molar-refractivity contribution >= 4 is 23.2 Å². The molecule has 3 aromatic rings. The number of para-hydroxylation sites is 1. The fourth-order valence-corrected chi connectivity index (χ4v) is 3.05. The van der Waals surface area contributed by atoms with E-state index in [-0.39, 0.29) is 11.8 Å². The van der Waals surface area contributed by atoms with Gasteiger partial charge in [-0.1, -0.05) is 12.1 Å². The monoisotopic (exact) mass is 448 g/mol. The summed E-state index contributed by atoms with van der Waals surface area (Å²) in [5, 5.41) is 5.66. The fraction of sp³-hybridized carbons (Fsp3) is 0.231. The number of benzene rings is 3. The summed E-state index contributed by atoms with van der Waals surface area (Å²) in [5.74, 6) is 0.737. The van der Waals surface area contributed by atoms with Gasteiger partial charge in [0.1, 0.15) is 18.1 Å². The second-order valence-electron chi connectivity index (χ2n) is 6.98. The van der Waals surface area contributed by atoms with Crippen LogP contribution in [-0.2, 0) is 4.74 Å². The minimum atomic E-state index is -0.326. The van der Waals surface area contributed by atoms with Crippen molar-refractivity contribution in [2.24, 2.45) is 0 Å². The van der Waals surface area contributed by atoms with E-state index in [9.17, 15) is 9.59 Å². The van der Waals surface area contributed by atoms with Crippen LogP contribution in [0.2, 0.25) is 0 Å². The topological polar surface area (TPSA) is 85.9 Å². The van der Waals surface area contributed by atoms with E-state index < -0.39 is 0 Å². The minimum absolute atomic E-state index is 0.322. The summed E-state index contributed by atoms with van der Waals surface area (Å²) in [6.45, 7) is 6.00. The summed E-state index contributed by atoms with van der Waals surface area (Å²) < 4.78 is 16.2. The van der Waals surface area contributed by atoms with Crippen LogP contribution in [-0.4, -0.2) is 38.2 Å². The van der Waals surface area contributed by atoms with Crippen LogP contribution in [0.25, 0.3) is 0 Å². The van der Waals surface area contributed by atoms with Crippen molar-refractivity contribution in [1.29, 1.82) is 0 Å². The van der Waals surface area contributed by atoms with E-state index in [0.717, 1.165) is 5.75 Å². The average molecular weight is 449 g/mol. The molecule has 0 aliphatic rings. The van der Waals surface area contributed by atoms with Crippen LogP contribution in [0.1, 0.15) is 34.6 Å². The highest BCUT2D eigenvalue weighted by Crippen LogP contribution is 2.21. The van der Waals surface area contributed by atoms with Crippen molar-refractivity contribution in [3.63, 3.8) is 0 Å². The van der Waals surface area contributed by atoms with Crippen molar-refractivity contribution in [3.05, 3.63) is 83.9 Å². The van der Waals surface area contributed by atoms with E-state index in [0.29, 0.717) is 54.7 Å². The molecule has 0 radical (unpaired) electrons. The van der Waals surface area contributed by atoms with Gasteiger partial charge in [-0.3, -0.25) is 9.59 Å². The van der Waals surface area contributed by atoms with Crippen LogP contribution < -0.4 is 20.1 Å². The van der Waals surface area contributed by atoms with Crippen molar-refractivity contribution in [1.82, 2.24) is 0 Å². The van der Waals surface area contributed by atoms with E-state index in [1.807, 2.05) is 13.8 Å². The normalized spacial score (nSPS) is 10.4. The van der Waals surface area contributed by atoms with E-state index in [4.69, 9.17) is 14.2 Å². The number of ether oxygens (including phenoxy) is 3. The molecule has 0 aliphatic carbocycles. The standard InChI is InChI=1S/C26H28N2O5/c1-3-31-17-18-33-22-13-9-19(10-14-22)25(29)28-24-8-6-5-7-23(24)26(30)27-20-11-15-21(16-12-20)32-4-2/h5-16H,3-4,17-18H2,1-2H3,(H,27,30)(H,28,29). The Hall–Kier alpha value is -3.84. The minimum Gasteiger partial charge on any atom is -0.494 e. The maximum Gasteiger partial charge on any atom is 0.257 e. The Morgan fingerprint density at radius 2 is 1.36 bits per heavy atom. The third kappa shape index (κ3) is 7.08. The van der Waals surface area contributed by atoms with E-state index >= 15 is 0 Å². The van der Waals surface area contributed by atoms with Crippen LogP contribution in [0.4, 0.5) is 11.4 Å². The lowest BCUT2D eigenvalue weighted by molar-refractivity contribution is 0.102. The third-order valence-electron chi connectivity index (χ3n) is 4.66. The van der Waals surface area contributed by atoms with Crippen molar-refractivity contribution in [3.8, 4) is 11.5 Å². The largest absolute Gasteiger partial charge is 0.494 e. The fourth-order valence-electron chi connectivity index (χ4n) is 3.05. The zero-order valence-electron chi connectivity index (χ0n) is 18.8. The van der Waals surface area contributed by atoms with Crippen LogP contribution >= 0.6 is 0 Å². The molecule has 0 saturated heterocycles. The molecule has 0 atom stereocenters. The highest BCUT2D eigenvalue weighted by molar-refractivity contribution is 6.12. The lowest BCUT2D eigenvalue weighted by Gasteiger charge is -2.12. The molecule has 2 amide bonds. The Kier molecular flexibility index (Phi) is 8.85. The van der Waals surface area contributed by atoms with Gasteiger partial charge >= 0.3 is 0 Å². The molecular formula is C26H28N2O5. The second kappa shape index (κ2) is 12.3. The van der Waals surface area contributed by atoms with Crippen LogP contribution in [0, 0.1) is 0 Å². The average Bonchev–Trinajstić information content (AvgIpc) is 2.84. The summed E-state index contributed by atoms with van der Waals surface area (Å²) in [7, 11) is 0. The highest BCUT2D eigenvalue weighted by Gasteiger charge is 2.14. The molecule has 0 bridgehead atoms. The van der Waals surface area contributed by atoms with Crippen LogP contribution in [0.5, 0.6) is 11.5 Å². The Morgan fingerprint density at radius 3 is 2.06 bits per heavy atom. The summed E-state index contributed by atoms with van der Waals surface area (Å²) >= 11 is 0. The Balaban J connectivity index is 1.63. The van der Waals surface area contributed by atoms with Crippen molar-refractivity contribution < 1.29 is 23.8 Å². The third-order valence-corrected chi connectivity index (χ3v) is 4.66. The molecule has 0 heterocycles.